The molecule has 1 aromatic carbocycles. The highest BCUT2D eigenvalue weighted by atomic mass is 19.1. The molecule has 0 spiro atoms. The van der Waals surface area contributed by atoms with Gasteiger partial charge in [0.25, 0.3) is 11.8 Å². The second-order valence-electron chi connectivity index (χ2n) is 7.43. The predicted molar refractivity (Wildman–Crippen MR) is 100 cm³/mol. The quantitative estimate of drug-likeness (QED) is 0.548. The summed E-state index contributed by atoms with van der Waals surface area (Å²) in [6, 6.07) is 1.95. The van der Waals surface area contributed by atoms with Crippen LogP contribution in [0.4, 0.5) is 4.39 Å². The Morgan fingerprint density at radius 2 is 1.75 bits per heavy atom. The molecule has 6 nitrogen and oxygen atoms in total. The van der Waals surface area contributed by atoms with E-state index in [0.29, 0.717) is 12.0 Å². The van der Waals surface area contributed by atoms with E-state index in [-0.39, 0.29) is 24.0 Å². The summed E-state index contributed by atoms with van der Waals surface area (Å²) >= 11 is 0. The van der Waals surface area contributed by atoms with Crippen molar-refractivity contribution in [1.29, 1.82) is 0 Å². The Kier molecular flexibility index (Phi) is 6.21. The molecular weight excluding hydrogens is 363 g/mol. The van der Waals surface area contributed by atoms with Crippen LogP contribution in [0, 0.1) is 5.82 Å². The number of carbonyl (C=O) groups is 4. The van der Waals surface area contributed by atoms with Gasteiger partial charge in [-0.05, 0) is 30.9 Å². The molecule has 4 amide bonds. The number of fused-ring (bicyclic) bond motifs is 1. The fraction of sp³-hybridized carbons (Fsp3) is 0.524. The van der Waals surface area contributed by atoms with E-state index in [0.717, 1.165) is 30.6 Å². The van der Waals surface area contributed by atoms with Gasteiger partial charge in [-0.15, -0.1) is 0 Å². The van der Waals surface area contributed by atoms with Crippen LogP contribution < -0.4 is 5.32 Å². The van der Waals surface area contributed by atoms with Crippen molar-refractivity contribution in [3.63, 3.8) is 0 Å². The molecule has 1 fully saturated rings. The van der Waals surface area contributed by atoms with Crippen molar-refractivity contribution in [3.05, 3.63) is 34.6 Å². The molecule has 3 rings (SSSR count). The Morgan fingerprint density at radius 3 is 2.46 bits per heavy atom. The molecule has 1 unspecified atom stereocenters. The number of carbonyl (C=O) groups excluding carboxylic acids is 4. The molecule has 2 heterocycles. The second kappa shape index (κ2) is 8.63. The highest BCUT2D eigenvalue weighted by molar-refractivity contribution is 6.23. The maximum absolute atomic E-state index is 15.0. The fourth-order valence-electron chi connectivity index (χ4n) is 3.85. The summed E-state index contributed by atoms with van der Waals surface area (Å²) in [5.41, 5.74) is 0.151. The van der Waals surface area contributed by atoms with E-state index in [1.807, 2.05) is 0 Å². The average Bonchev–Trinajstić information content (AvgIpc) is 2.91. The van der Waals surface area contributed by atoms with Crippen LogP contribution in [-0.2, 0) is 16.0 Å². The topological polar surface area (TPSA) is 83.6 Å². The Labute approximate surface area is 163 Å². The van der Waals surface area contributed by atoms with Crippen molar-refractivity contribution < 1.29 is 23.6 Å². The van der Waals surface area contributed by atoms with Gasteiger partial charge < -0.3 is 0 Å². The third kappa shape index (κ3) is 3.84. The summed E-state index contributed by atoms with van der Waals surface area (Å²) in [6.45, 7) is 2.15. The SMILES string of the molecule is CCCCCCCCc1ccc2c(c1F)C(=O)N(C1CCC(=O)NC1=O)C2=O. The lowest BCUT2D eigenvalue weighted by Crippen LogP contribution is -2.54. The van der Waals surface area contributed by atoms with Gasteiger partial charge in [0, 0.05) is 6.42 Å². The zero-order valence-electron chi connectivity index (χ0n) is 16.1. The molecule has 28 heavy (non-hydrogen) atoms. The number of hydrogen-bond donors (Lipinski definition) is 1. The standard InChI is InChI=1S/C21H25FN2O4/c1-2-3-4-5-6-7-8-13-9-10-14-17(18(13)22)21(28)24(20(14)27)15-11-12-16(25)23-19(15)26/h9-10,15H,2-8,11-12H2,1H3,(H,23,25,26). The number of benzene rings is 1. The summed E-state index contributed by atoms with van der Waals surface area (Å²) in [5, 5.41) is 2.13. The largest absolute Gasteiger partial charge is 0.295 e. The van der Waals surface area contributed by atoms with Crippen LogP contribution >= 0.6 is 0 Å². The van der Waals surface area contributed by atoms with Crippen LogP contribution in [0.3, 0.4) is 0 Å². The average molecular weight is 388 g/mol. The lowest BCUT2D eigenvalue weighted by molar-refractivity contribution is -0.136. The zero-order chi connectivity index (χ0) is 20.3. The lowest BCUT2D eigenvalue weighted by atomic mass is 9.99. The minimum absolute atomic E-state index is 0.0149. The molecule has 0 aliphatic carbocycles. The van der Waals surface area contributed by atoms with Crippen molar-refractivity contribution in [2.24, 2.45) is 0 Å². The van der Waals surface area contributed by atoms with E-state index < -0.39 is 35.5 Å². The second-order valence-corrected chi connectivity index (χ2v) is 7.43. The molecule has 2 aliphatic rings. The van der Waals surface area contributed by atoms with Gasteiger partial charge in [-0.25, -0.2) is 4.39 Å². The highest BCUT2D eigenvalue weighted by Crippen LogP contribution is 2.31. The molecule has 1 atom stereocenters. The molecule has 1 aromatic rings. The van der Waals surface area contributed by atoms with Crippen LogP contribution in [0.5, 0.6) is 0 Å². The Bertz CT molecular complexity index is 821. The molecule has 150 valence electrons. The normalized spacial score (nSPS) is 19.2. The van der Waals surface area contributed by atoms with E-state index in [9.17, 15) is 23.6 Å². The van der Waals surface area contributed by atoms with Gasteiger partial charge in [0.05, 0.1) is 11.1 Å². The smallest absolute Gasteiger partial charge is 0.265 e. The molecule has 2 aliphatic heterocycles. The van der Waals surface area contributed by atoms with Gasteiger partial charge in [0.2, 0.25) is 11.8 Å². The maximum atomic E-state index is 15.0. The van der Waals surface area contributed by atoms with Crippen LogP contribution in [0.15, 0.2) is 12.1 Å². The number of rotatable bonds is 8. The van der Waals surface area contributed by atoms with Gasteiger partial charge in [0.1, 0.15) is 11.9 Å². The minimum atomic E-state index is -1.08. The zero-order valence-corrected chi connectivity index (χ0v) is 16.1. The third-order valence-corrected chi connectivity index (χ3v) is 5.43. The maximum Gasteiger partial charge on any atom is 0.265 e. The van der Waals surface area contributed by atoms with Crippen LogP contribution in [0.2, 0.25) is 0 Å². The van der Waals surface area contributed by atoms with Gasteiger partial charge in [-0.1, -0.05) is 45.1 Å². The monoisotopic (exact) mass is 388 g/mol. The van der Waals surface area contributed by atoms with Gasteiger partial charge in [-0.3, -0.25) is 29.4 Å². The summed E-state index contributed by atoms with van der Waals surface area (Å²) in [6.07, 6.45) is 7.03. The first kappa shape index (κ1) is 20.2. The number of nitrogens with one attached hydrogen (secondary N) is 1. The first-order chi connectivity index (χ1) is 13.5. The van der Waals surface area contributed by atoms with E-state index in [2.05, 4.69) is 12.2 Å². The molecular formula is C21H25FN2O4. The third-order valence-electron chi connectivity index (χ3n) is 5.43. The number of amides is 4. The van der Waals surface area contributed by atoms with Crippen molar-refractivity contribution in [3.8, 4) is 0 Å². The van der Waals surface area contributed by atoms with Crippen LogP contribution in [0.1, 0.15) is 84.6 Å². The van der Waals surface area contributed by atoms with Crippen molar-refractivity contribution in [2.75, 3.05) is 0 Å². The van der Waals surface area contributed by atoms with Crippen molar-refractivity contribution in [2.45, 2.75) is 70.8 Å². The summed E-state index contributed by atoms with van der Waals surface area (Å²) in [7, 11) is 0. The van der Waals surface area contributed by atoms with E-state index in [1.165, 1.54) is 18.9 Å². The molecule has 0 saturated carbocycles. The Morgan fingerprint density at radius 1 is 1.04 bits per heavy atom. The summed E-state index contributed by atoms with van der Waals surface area (Å²) in [5.74, 6) is -3.28. The first-order valence-corrected chi connectivity index (χ1v) is 9.98. The minimum Gasteiger partial charge on any atom is -0.295 e. The van der Waals surface area contributed by atoms with E-state index in [1.54, 1.807) is 6.07 Å². The number of piperidine rings is 1. The Balaban J connectivity index is 1.73. The molecule has 1 saturated heterocycles. The van der Waals surface area contributed by atoms with Crippen molar-refractivity contribution >= 4 is 23.6 Å². The summed E-state index contributed by atoms with van der Waals surface area (Å²) < 4.78 is 15.0. The predicted octanol–water partition coefficient (Wildman–Crippen LogP) is 3.13. The van der Waals surface area contributed by atoms with Crippen molar-refractivity contribution in [1.82, 2.24) is 10.2 Å². The molecule has 0 bridgehead atoms. The number of hydrogen-bond acceptors (Lipinski definition) is 4. The van der Waals surface area contributed by atoms with E-state index >= 15 is 0 Å². The first-order valence-electron chi connectivity index (χ1n) is 9.98. The van der Waals surface area contributed by atoms with E-state index in [4.69, 9.17) is 0 Å². The van der Waals surface area contributed by atoms with Gasteiger partial charge in [0.15, 0.2) is 0 Å². The lowest BCUT2D eigenvalue weighted by Gasteiger charge is -2.27. The number of halogens is 1. The number of imide groups is 2. The molecule has 1 N–H and O–H groups in total. The van der Waals surface area contributed by atoms with Crippen LogP contribution in [0.25, 0.3) is 0 Å². The Hall–Kier alpha value is -2.57. The molecule has 0 aromatic heterocycles. The van der Waals surface area contributed by atoms with Gasteiger partial charge >= 0.3 is 0 Å². The molecule has 7 heteroatoms. The number of nitrogens with zero attached hydrogens (tertiary/aromatic N) is 1. The van der Waals surface area contributed by atoms with Crippen LogP contribution in [-0.4, -0.2) is 34.6 Å². The fourth-order valence-corrected chi connectivity index (χ4v) is 3.85. The summed E-state index contributed by atoms with van der Waals surface area (Å²) in [4.78, 5) is 49.6. The van der Waals surface area contributed by atoms with Gasteiger partial charge in [-0.2, -0.15) is 0 Å². The number of unbranched alkanes of at least 4 members (excludes halogenated alkanes) is 5. The molecule has 0 radical (unpaired) electrons. The number of aryl methyl sites for hydroxylation is 1. The highest BCUT2D eigenvalue weighted by Gasteiger charge is 2.46.